The second kappa shape index (κ2) is 6.01. The molecule has 1 aromatic heterocycles. The first-order valence-electron chi connectivity index (χ1n) is 10.2. The number of aromatic amines is 1. The molecule has 1 aromatic carbocycles. The number of aromatic nitrogens is 1. The molecule has 2 aromatic rings. The van der Waals surface area contributed by atoms with E-state index in [0.29, 0.717) is 17.4 Å². The molecule has 2 bridgehead atoms. The fourth-order valence-electron chi connectivity index (χ4n) is 6.64. The van der Waals surface area contributed by atoms with Crippen molar-refractivity contribution < 1.29 is 14.3 Å². The highest BCUT2D eigenvalue weighted by molar-refractivity contribution is 8.00. The molecule has 4 aliphatic rings. The Kier molecular flexibility index (Phi) is 3.74. The van der Waals surface area contributed by atoms with Gasteiger partial charge in [0.25, 0.3) is 0 Å². The molecule has 6 nitrogen and oxygen atoms in total. The van der Waals surface area contributed by atoms with Crippen molar-refractivity contribution in [2.24, 2.45) is 29.6 Å². The van der Waals surface area contributed by atoms with Crippen LogP contribution < -0.4 is 14.5 Å². The highest BCUT2D eigenvalue weighted by Gasteiger charge is 2.70. The molecule has 6 atom stereocenters. The fraction of sp³-hybridized carbons (Fsp3) is 0.500. The molecule has 0 radical (unpaired) electrons. The Morgan fingerprint density at radius 1 is 1.07 bits per heavy atom. The highest BCUT2D eigenvalue weighted by atomic mass is 32.2. The van der Waals surface area contributed by atoms with E-state index in [9.17, 15) is 14.4 Å². The summed E-state index contributed by atoms with van der Waals surface area (Å²) in [5.41, 5.74) is 0.439. The van der Waals surface area contributed by atoms with Crippen molar-refractivity contribution in [2.75, 3.05) is 12.0 Å². The lowest BCUT2D eigenvalue weighted by Gasteiger charge is -2.47. The van der Waals surface area contributed by atoms with Crippen molar-refractivity contribution in [3.05, 3.63) is 38.8 Å². The number of ether oxygens (including phenoxy) is 1. The van der Waals surface area contributed by atoms with Crippen LogP contribution >= 0.6 is 23.1 Å². The Bertz CT molecular complexity index is 1130. The van der Waals surface area contributed by atoms with E-state index in [1.54, 1.807) is 43.1 Å². The number of hydrogen-bond acceptors (Lipinski definition) is 6. The van der Waals surface area contributed by atoms with Crippen LogP contribution in [0.25, 0.3) is 0 Å². The average Bonchev–Trinajstić information content (AvgIpc) is 3.44. The van der Waals surface area contributed by atoms with Crippen LogP contribution in [0.3, 0.4) is 0 Å². The number of H-pyrrole nitrogens is 1. The van der Waals surface area contributed by atoms with Gasteiger partial charge in [0.05, 0.1) is 29.7 Å². The molecular weight excluding hydrogens is 420 g/mol. The van der Waals surface area contributed by atoms with Crippen LogP contribution in [0, 0.1) is 29.6 Å². The van der Waals surface area contributed by atoms with Crippen molar-refractivity contribution in [3.8, 4) is 5.75 Å². The summed E-state index contributed by atoms with van der Waals surface area (Å²) in [6.07, 6.45) is 0.925. The SMILES string of the molecule is COc1ccc(N2C(=O)[C@H]3[C@H]4C[C@@H]([C@@H]3C2=O)[C@@H]2[C@@H]4Sc3[nH]c(=O)sc3C2(C)C)cc1. The summed E-state index contributed by atoms with van der Waals surface area (Å²) < 4.78 is 5.21. The van der Waals surface area contributed by atoms with Gasteiger partial charge in [-0.2, -0.15) is 0 Å². The number of carbonyl (C=O) groups excluding carboxylic acids is 2. The van der Waals surface area contributed by atoms with Crippen LogP contribution in [-0.4, -0.2) is 29.2 Å². The molecule has 1 N–H and O–H groups in total. The van der Waals surface area contributed by atoms with Gasteiger partial charge in [-0.3, -0.25) is 19.3 Å². The molecule has 6 rings (SSSR count). The van der Waals surface area contributed by atoms with Gasteiger partial charge in [0.15, 0.2) is 0 Å². The second-order valence-corrected chi connectivity index (χ2v) is 11.5. The fourth-order valence-corrected chi connectivity index (χ4v) is 9.79. The smallest absolute Gasteiger partial charge is 0.305 e. The maximum Gasteiger partial charge on any atom is 0.305 e. The van der Waals surface area contributed by atoms with Gasteiger partial charge in [-0.15, -0.1) is 11.8 Å². The van der Waals surface area contributed by atoms with E-state index in [2.05, 4.69) is 18.8 Å². The van der Waals surface area contributed by atoms with Crippen molar-refractivity contribution in [3.63, 3.8) is 0 Å². The van der Waals surface area contributed by atoms with Crippen LogP contribution in [0.2, 0.25) is 0 Å². The van der Waals surface area contributed by atoms with Crippen LogP contribution in [-0.2, 0) is 15.0 Å². The number of benzene rings is 1. The molecule has 8 heteroatoms. The van der Waals surface area contributed by atoms with E-state index in [0.717, 1.165) is 16.3 Å². The van der Waals surface area contributed by atoms with E-state index in [4.69, 9.17) is 4.74 Å². The van der Waals surface area contributed by atoms with E-state index in [1.165, 1.54) is 16.2 Å². The number of imide groups is 1. The summed E-state index contributed by atoms with van der Waals surface area (Å²) in [5, 5.41) is 1.22. The standard InChI is InChI=1S/C22H22N2O4S2/c1-22(2)15-11-8-12(16(15)29-18-17(22)30-21(27)23-18)14-13(11)19(25)24(20(14)26)9-4-6-10(28-3)7-5-9/h4-7,11-16H,8H2,1-3H3,(H,23,27)/t11-,12+,13-,14-,15+,16+/m0/s1. The molecule has 1 saturated heterocycles. The molecule has 0 unspecified atom stereocenters. The third-order valence-electron chi connectivity index (χ3n) is 7.72. The lowest BCUT2D eigenvalue weighted by atomic mass is 9.64. The summed E-state index contributed by atoms with van der Waals surface area (Å²) in [4.78, 5) is 44.4. The Morgan fingerprint density at radius 2 is 1.73 bits per heavy atom. The third kappa shape index (κ3) is 2.18. The number of anilines is 1. The Balaban J connectivity index is 1.39. The number of fused-ring (bicyclic) bond motifs is 9. The molecule has 2 saturated carbocycles. The molecule has 2 amide bonds. The van der Waals surface area contributed by atoms with Gasteiger partial charge >= 0.3 is 4.87 Å². The Hall–Kier alpha value is -2.06. The van der Waals surface area contributed by atoms with Crippen molar-refractivity contribution in [1.82, 2.24) is 4.98 Å². The van der Waals surface area contributed by atoms with Crippen LogP contribution in [0.1, 0.15) is 25.1 Å². The normalized spacial score (nSPS) is 35.4. The molecule has 3 heterocycles. The number of hydrogen-bond donors (Lipinski definition) is 1. The van der Waals surface area contributed by atoms with E-state index in [1.807, 2.05) is 0 Å². The minimum Gasteiger partial charge on any atom is -0.497 e. The largest absolute Gasteiger partial charge is 0.497 e. The summed E-state index contributed by atoms with van der Waals surface area (Å²) in [6, 6.07) is 7.13. The van der Waals surface area contributed by atoms with Crippen LogP contribution in [0.5, 0.6) is 5.75 Å². The second-order valence-electron chi connectivity index (χ2n) is 9.33. The van der Waals surface area contributed by atoms with Crippen molar-refractivity contribution in [2.45, 2.75) is 36.0 Å². The summed E-state index contributed by atoms with van der Waals surface area (Å²) in [5.74, 6) is 0.717. The topological polar surface area (TPSA) is 79.5 Å². The first kappa shape index (κ1) is 18.7. The lowest BCUT2D eigenvalue weighted by Crippen LogP contribution is -2.48. The molecule has 0 spiro atoms. The number of amides is 2. The molecule has 2 aliphatic carbocycles. The van der Waals surface area contributed by atoms with Gasteiger partial charge in [0.1, 0.15) is 5.75 Å². The Morgan fingerprint density at radius 3 is 2.40 bits per heavy atom. The number of rotatable bonds is 2. The zero-order valence-electron chi connectivity index (χ0n) is 16.9. The summed E-state index contributed by atoms with van der Waals surface area (Å²) in [6.45, 7) is 4.40. The maximum absolute atomic E-state index is 13.5. The number of nitrogens with zero attached hydrogens (tertiary/aromatic N) is 1. The monoisotopic (exact) mass is 442 g/mol. The van der Waals surface area contributed by atoms with Gasteiger partial charge < -0.3 is 9.72 Å². The predicted octanol–water partition coefficient (Wildman–Crippen LogP) is 3.27. The van der Waals surface area contributed by atoms with E-state index < -0.39 is 0 Å². The quantitative estimate of drug-likeness (QED) is 0.722. The Labute approximate surface area is 182 Å². The van der Waals surface area contributed by atoms with Gasteiger partial charge in [-0.25, -0.2) is 0 Å². The van der Waals surface area contributed by atoms with Gasteiger partial charge in [0, 0.05) is 15.5 Å². The highest BCUT2D eigenvalue weighted by Crippen LogP contribution is 2.69. The molecule has 3 fully saturated rings. The molecule has 30 heavy (non-hydrogen) atoms. The van der Waals surface area contributed by atoms with Crippen LogP contribution in [0.15, 0.2) is 34.1 Å². The first-order chi connectivity index (χ1) is 14.3. The maximum atomic E-state index is 13.5. The number of methoxy groups -OCH3 is 1. The molecule has 2 aliphatic heterocycles. The van der Waals surface area contributed by atoms with Crippen molar-refractivity contribution in [1.29, 1.82) is 0 Å². The number of thiazole rings is 1. The summed E-state index contributed by atoms with van der Waals surface area (Å²) in [7, 11) is 1.59. The summed E-state index contributed by atoms with van der Waals surface area (Å²) >= 11 is 3.02. The van der Waals surface area contributed by atoms with Crippen molar-refractivity contribution >= 4 is 40.6 Å². The zero-order valence-corrected chi connectivity index (χ0v) is 18.5. The van der Waals surface area contributed by atoms with Gasteiger partial charge in [-0.1, -0.05) is 25.2 Å². The van der Waals surface area contributed by atoms with Gasteiger partial charge in [0.2, 0.25) is 11.8 Å². The minimum atomic E-state index is -0.249. The number of carbonyl (C=O) groups is 2. The third-order valence-corrected chi connectivity index (χ3v) is 10.5. The zero-order chi connectivity index (χ0) is 20.9. The first-order valence-corrected chi connectivity index (χ1v) is 11.9. The molecular formula is C22H22N2O4S2. The van der Waals surface area contributed by atoms with E-state index in [-0.39, 0.29) is 51.0 Å². The number of nitrogens with one attached hydrogen (secondary N) is 1. The lowest BCUT2D eigenvalue weighted by molar-refractivity contribution is -0.123. The van der Waals surface area contributed by atoms with Gasteiger partial charge in [-0.05, 0) is 48.4 Å². The van der Waals surface area contributed by atoms with E-state index >= 15 is 0 Å². The van der Waals surface area contributed by atoms with Crippen LogP contribution in [0.4, 0.5) is 5.69 Å². The predicted molar refractivity (Wildman–Crippen MR) is 115 cm³/mol. The number of thioether (sulfide) groups is 1. The minimum absolute atomic E-state index is 0.0223. The molecule has 156 valence electrons. The average molecular weight is 443 g/mol.